The number of carbonyl (C=O) groups excluding carboxylic acids is 1. The number of amides is 1. The molecule has 2 aromatic carbocycles. The number of hydrogen-bond donors (Lipinski definition) is 3. The van der Waals surface area contributed by atoms with Crippen LogP contribution in [0.15, 0.2) is 53.1 Å². The minimum absolute atomic E-state index is 0.0485. The molecule has 36 heavy (non-hydrogen) atoms. The van der Waals surface area contributed by atoms with Gasteiger partial charge in [0.05, 0.1) is 23.6 Å². The van der Waals surface area contributed by atoms with E-state index in [1.54, 1.807) is 38.1 Å². The fourth-order valence-corrected chi connectivity index (χ4v) is 3.84. The normalized spacial score (nSPS) is 11.3. The lowest BCUT2D eigenvalue weighted by atomic mass is 10.0. The van der Waals surface area contributed by atoms with Crippen molar-refractivity contribution in [2.45, 2.75) is 25.8 Å². The third-order valence-corrected chi connectivity index (χ3v) is 5.88. The summed E-state index contributed by atoms with van der Waals surface area (Å²) >= 11 is 6.05. The molecule has 9 nitrogen and oxygen atoms in total. The van der Waals surface area contributed by atoms with Crippen LogP contribution in [-0.4, -0.2) is 32.6 Å². The number of nitrogens with zero attached hydrogens (tertiary/aromatic N) is 4. The van der Waals surface area contributed by atoms with Gasteiger partial charge in [-0.2, -0.15) is 10.4 Å². The van der Waals surface area contributed by atoms with Crippen LogP contribution in [0.1, 0.15) is 25.0 Å². The molecule has 0 aliphatic rings. The number of halogens is 2. The molecule has 0 atom stereocenters. The molecule has 0 fully saturated rings. The number of nitriles is 1. The van der Waals surface area contributed by atoms with Gasteiger partial charge < -0.3 is 15.4 Å². The van der Waals surface area contributed by atoms with Crippen molar-refractivity contribution in [3.63, 3.8) is 0 Å². The predicted molar refractivity (Wildman–Crippen MR) is 132 cm³/mol. The van der Waals surface area contributed by atoms with Gasteiger partial charge in [0.1, 0.15) is 34.7 Å². The van der Waals surface area contributed by atoms with Crippen LogP contribution in [0.2, 0.25) is 5.02 Å². The minimum atomic E-state index is -0.783. The van der Waals surface area contributed by atoms with Gasteiger partial charge in [0.15, 0.2) is 0 Å². The van der Waals surface area contributed by atoms with E-state index >= 15 is 0 Å². The first-order chi connectivity index (χ1) is 17.1. The van der Waals surface area contributed by atoms with E-state index in [0.29, 0.717) is 28.1 Å². The highest BCUT2D eigenvalue weighted by Crippen LogP contribution is 2.31. The Bertz CT molecular complexity index is 1470. The van der Waals surface area contributed by atoms with Gasteiger partial charge in [0.2, 0.25) is 11.8 Å². The standard InChI is InChI=1S/C25H22ClFN6O3/c1-25(2,13-34)33-24(29)18(12-28)23(31-33)15-5-3-14(4-6-15)9-21(35)30-22-11-20(32-36-22)17-8-7-16(27)10-19(17)26/h3-8,10-11,34H,9,13,29H2,1-2H3,(H,30,35). The number of anilines is 2. The Morgan fingerprint density at radius 2 is 2.00 bits per heavy atom. The first kappa shape index (κ1) is 24.9. The van der Waals surface area contributed by atoms with Crippen molar-refractivity contribution >= 4 is 29.2 Å². The van der Waals surface area contributed by atoms with Crippen LogP contribution in [0.25, 0.3) is 22.5 Å². The molecule has 2 heterocycles. The van der Waals surface area contributed by atoms with E-state index in [1.165, 1.54) is 28.9 Å². The summed E-state index contributed by atoms with van der Waals surface area (Å²) in [4.78, 5) is 12.5. The maximum atomic E-state index is 13.3. The second-order valence-corrected chi connectivity index (χ2v) is 9.13. The molecule has 0 saturated heterocycles. The number of nitrogens with two attached hydrogens (primary N) is 1. The number of benzene rings is 2. The first-order valence-corrected chi connectivity index (χ1v) is 11.2. The Morgan fingerprint density at radius 1 is 1.28 bits per heavy atom. The van der Waals surface area contributed by atoms with Crippen LogP contribution in [-0.2, 0) is 16.8 Å². The first-order valence-electron chi connectivity index (χ1n) is 10.8. The molecule has 4 rings (SSSR count). The van der Waals surface area contributed by atoms with Crippen molar-refractivity contribution in [2.24, 2.45) is 0 Å². The van der Waals surface area contributed by atoms with Crippen molar-refractivity contribution in [1.29, 1.82) is 5.26 Å². The molecule has 184 valence electrons. The summed E-state index contributed by atoms with van der Waals surface area (Å²) in [6.07, 6.45) is 0.0485. The number of rotatable bonds is 7. The smallest absolute Gasteiger partial charge is 0.231 e. The number of aliphatic hydroxyl groups excluding tert-OH is 1. The number of nitrogen functional groups attached to an aromatic ring is 1. The minimum Gasteiger partial charge on any atom is -0.394 e. The van der Waals surface area contributed by atoms with Crippen LogP contribution in [0.5, 0.6) is 0 Å². The van der Waals surface area contributed by atoms with Crippen molar-refractivity contribution < 1.29 is 18.8 Å². The highest BCUT2D eigenvalue weighted by molar-refractivity contribution is 6.33. The van der Waals surface area contributed by atoms with Crippen molar-refractivity contribution in [2.75, 3.05) is 17.7 Å². The zero-order chi connectivity index (χ0) is 26.0. The van der Waals surface area contributed by atoms with Crippen molar-refractivity contribution in [3.8, 4) is 28.6 Å². The molecular weight excluding hydrogens is 487 g/mol. The molecule has 0 saturated carbocycles. The van der Waals surface area contributed by atoms with Gasteiger partial charge >= 0.3 is 0 Å². The van der Waals surface area contributed by atoms with Crippen LogP contribution < -0.4 is 11.1 Å². The van der Waals surface area contributed by atoms with Gasteiger partial charge in [-0.05, 0) is 37.6 Å². The van der Waals surface area contributed by atoms with Crippen molar-refractivity contribution in [3.05, 3.63) is 70.5 Å². The Balaban J connectivity index is 1.47. The number of nitrogens with one attached hydrogen (secondary N) is 1. The van der Waals surface area contributed by atoms with E-state index in [2.05, 4.69) is 21.6 Å². The fourth-order valence-electron chi connectivity index (χ4n) is 3.58. The summed E-state index contributed by atoms with van der Waals surface area (Å²) in [5.74, 6) is -0.519. The number of carbonyl (C=O) groups is 1. The number of hydrogen-bond acceptors (Lipinski definition) is 7. The maximum absolute atomic E-state index is 13.3. The van der Waals surface area contributed by atoms with Gasteiger partial charge in [0, 0.05) is 17.2 Å². The Morgan fingerprint density at radius 3 is 2.64 bits per heavy atom. The second kappa shape index (κ2) is 9.81. The highest BCUT2D eigenvalue weighted by Gasteiger charge is 2.27. The Labute approximate surface area is 210 Å². The van der Waals surface area contributed by atoms with Gasteiger partial charge in [-0.25, -0.2) is 9.07 Å². The van der Waals surface area contributed by atoms with E-state index in [-0.39, 0.29) is 41.2 Å². The van der Waals surface area contributed by atoms with Gasteiger partial charge in [0.25, 0.3) is 0 Å². The van der Waals surface area contributed by atoms with Crippen LogP contribution in [0.4, 0.5) is 16.1 Å². The van der Waals surface area contributed by atoms with E-state index in [0.717, 1.165) is 0 Å². The van der Waals surface area contributed by atoms with E-state index in [1.807, 2.05) is 0 Å². The zero-order valence-electron chi connectivity index (χ0n) is 19.4. The molecule has 0 unspecified atom stereocenters. The highest BCUT2D eigenvalue weighted by atomic mass is 35.5. The maximum Gasteiger partial charge on any atom is 0.231 e. The average Bonchev–Trinajstić information content (AvgIpc) is 3.43. The summed E-state index contributed by atoms with van der Waals surface area (Å²) in [6, 6.07) is 14.4. The molecule has 11 heteroatoms. The summed E-state index contributed by atoms with van der Waals surface area (Å²) in [6.45, 7) is 3.31. The molecule has 4 N–H and O–H groups in total. The zero-order valence-corrected chi connectivity index (χ0v) is 20.2. The second-order valence-electron chi connectivity index (χ2n) is 8.73. The molecule has 2 aromatic heterocycles. The molecule has 0 aliphatic carbocycles. The topological polar surface area (TPSA) is 143 Å². The summed E-state index contributed by atoms with van der Waals surface area (Å²) in [5.41, 5.74) is 8.11. The van der Waals surface area contributed by atoms with Crippen LogP contribution >= 0.6 is 11.6 Å². The van der Waals surface area contributed by atoms with E-state index < -0.39 is 11.4 Å². The third kappa shape index (κ3) is 4.93. The molecular formula is C25H22ClFN6O3. The van der Waals surface area contributed by atoms with Gasteiger partial charge in [-0.15, -0.1) is 0 Å². The summed E-state index contributed by atoms with van der Waals surface area (Å²) in [7, 11) is 0. The lowest BCUT2D eigenvalue weighted by Crippen LogP contribution is -2.32. The summed E-state index contributed by atoms with van der Waals surface area (Å²) in [5, 5.41) is 30.4. The fraction of sp³-hybridized carbons (Fsp3) is 0.200. The van der Waals surface area contributed by atoms with Crippen LogP contribution in [0, 0.1) is 17.1 Å². The molecule has 0 aliphatic heterocycles. The lowest BCUT2D eigenvalue weighted by Gasteiger charge is -2.23. The van der Waals surface area contributed by atoms with Crippen molar-refractivity contribution in [1.82, 2.24) is 14.9 Å². The largest absolute Gasteiger partial charge is 0.394 e. The van der Waals surface area contributed by atoms with Gasteiger partial charge in [-0.1, -0.05) is 41.0 Å². The Hall–Kier alpha value is -4.20. The number of aliphatic hydroxyl groups is 1. The van der Waals surface area contributed by atoms with Gasteiger partial charge in [-0.3, -0.25) is 10.1 Å². The monoisotopic (exact) mass is 508 g/mol. The van der Waals surface area contributed by atoms with E-state index in [9.17, 15) is 19.6 Å². The third-order valence-electron chi connectivity index (χ3n) is 5.57. The quantitative estimate of drug-likeness (QED) is 0.336. The average molecular weight is 509 g/mol. The molecule has 4 aromatic rings. The molecule has 0 radical (unpaired) electrons. The lowest BCUT2D eigenvalue weighted by molar-refractivity contribution is -0.115. The van der Waals surface area contributed by atoms with E-state index in [4.69, 9.17) is 21.9 Å². The molecule has 1 amide bonds. The predicted octanol–water partition coefficient (Wildman–Crippen LogP) is 4.36. The molecule has 0 bridgehead atoms. The Kier molecular flexibility index (Phi) is 6.79. The molecule has 0 spiro atoms. The SMILES string of the molecule is CC(C)(CO)n1nc(-c2ccc(CC(=O)Nc3cc(-c4ccc(F)cc4Cl)no3)cc2)c(C#N)c1N. The summed E-state index contributed by atoms with van der Waals surface area (Å²) < 4.78 is 19.9. The number of aromatic nitrogens is 3. The van der Waals surface area contributed by atoms with Crippen LogP contribution in [0.3, 0.4) is 0 Å².